The van der Waals surface area contributed by atoms with Crippen molar-refractivity contribution in [3.8, 4) is 0 Å². The molecule has 0 saturated carbocycles. The second-order valence-electron chi connectivity index (χ2n) is 7.50. The molecule has 1 aromatic heterocycles. The number of anilines is 1. The zero-order chi connectivity index (χ0) is 21.6. The molecule has 2 saturated heterocycles. The highest BCUT2D eigenvalue weighted by Gasteiger charge is 2.41. The summed E-state index contributed by atoms with van der Waals surface area (Å²) in [5.74, 6) is 1.65. The molecular weight excluding hydrogens is 397 g/mol. The third kappa shape index (κ3) is 5.75. The van der Waals surface area contributed by atoms with Gasteiger partial charge in [0.25, 0.3) is 0 Å². The van der Waals surface area contributed by atoms with Gasteiger partial charge in [0.2, 0.25) is 0 Å². The highest BCUT2D eigenvalue weighted by atomic mass is 19.4. The molecule has 2 aliphatic heterocycles. The number of piperazine rings is 1. The predicted octanol–water partition coefficient (Wildman–Crippen LogP) is 1.95. The highest BCUT2D eigenvalue weighted by Crippen LogP contribution is 2.25. The topological polar surface area (TPSA) is 56.2 Å². The number of rotatable bonds is 5. The largest absolute Gasteiger partial charge is 0.403 e. The van der Waals surface area contributed by atoms with Crippen molar-refractivity contribution in [3.63, 3.8) is 0 Å². The minimum atomic E-state index is -4.20. The third-order valence-electron chi connectivity index (χ3n) is 5.55. The Morgan fingerprint density at radius 1 is 1.20 bits per heavy atom. The zero-order valence-electron chi connectivity index (χ0n) is 17.7. The summed E-state index contributed by atoms with van der Waals surface area (Å²) < 4.78 is 44.4. The van der Waals surface area contributed by atoms with Gasteiger partial charge in [-0.3, -0.25) is 4.90 Å². The summed E-state index contributed by atoms with van der Waals surface area (Å²) in [7, 11) is 0. The van der Waals surface area contributed by atoms with Crippen LogP contribution in [0.1, 0.15) is 19.4 Å². The first-order valence-electron chi connectivity index (χ1n) is 10.5. The van der Waals surface area contributed by atoms with Gasteiger partial charge in [0, 0.05) is 57.6 Å². The fourth-order valence-corrected chi connectivity index (χ4v) is 3.73. The summed E-state index contributed by atoms with van der Waals surface area (Å²) >= 11 is 0. The number of aliphatic imine (C=N–C) groups is 1. The molecule has 3 rings (SSSR count). The van der Waals surface area contributed by atoms with Crippen LogP contribution in [0.5, 0.6) is 0 Å². The minimum Gasteiger partial charge on any atom is -0.378 e. The average molecular weight is 429 g/mol. The van der Waals surface area contributed by atoms with E-state index in [4.69, 9.17) is 9.73 Å². The molecule has 3 heterocycles. The van der Waals surface area contributed by atoms with E-state index in [1.54, 1.807) is 6.20 Å². The quantitative estimate of drug-likeness (QED) is 0.572. The lowest BCUT2D eigenvalue weighted by atomic mass is 10.2. The Morgan fingerprint density at radius 3 is 2.53 bits per heavy atom. The maximum atomic E-state index is 13.0. The first-order chi connectivity index (χ1) is 14.4. The number of hydrogen-bond acceptors (Lipinski definition) is 5. The summed E-state index contributed by atoms with van der Waals surface area (Å²) in [6.07, 6.45) is -2.42. The van der Waals surface area contributed by atoms with Gasteiger partial charge < -0.3 is 19.9 Å². The molecule has 0 aliphatic carbocycles. The van der Waals surface area contributed by atoms with Gasteiger partial charge in [-0.25, -0.2) is 9.98 Å². The molecule has 0 spiro atoms. The van der Waals surface area contributed by atoms with Gasteiger partial charge >= 0.3 is 6.18 Å². The number of nitrogens with one attached hydrogen (secondary N) is 1. The van der Waals surface area contributed by atoms with Crippen molar-refractivity contribution >= 4 is 11.8 Å². The fraction of sp³-hybridized carbons (Fsp3) is 0.700. The molecule has 1 N–H and O–H groups in total. The molecule has 30 heavy (non-hydrogen) atoms. The van der Waals surface area contributed by atoms with Crippen LogP contribution in [0, 0.1) is 0 Å². The van der Waals surface area contributed by atoms with Gasteiger partial charge in [0.05, 0.1) is 19.8 Å². The Hall–Kier alpha value is -2.07. The van der Waals surface area contributed by atoms with E-state index in [-0.39, 0.29) is 0 Å². The van der Waals surface area contributed by atoms with Crippen LogP contribution in [0.2, 0.25) is 0 Å². The van der Waals surface area contributed by atoms with Gasteiger partial charge in [-0.05, 0) is 19.9 Å². The number of guanidine groups is 1. The number of pyridine rings is 1. The normalized spacial score (nSPS) is 20.4. The SMILES string of the molecule is CCNC(=NCc1cccnc1N1CCOCC1)N1CCN(C(C)C(F)(F)F)CC1. The smallest absolute Gasteiger partial charge is 0.378 e. The second-order valence-corrected chi connectivity index (χ2v) is 7.50. The summed E-state index contributed by atoms with van der Waals surface area (Å²) in [6, 6.07) is 2.50. The van der Waals surface area contributed by atoms with Crippen LogP contribution in [0.3, 0.4) is 0 Å². The fourth-order valence-electron chi connectivity index (χ4n) is 3.73. The van der Waals surface area contributed by atoms with Gasteiger partial charge in [-0.15, -0.1) is 0 Å². The van der Waals surface area contributed by atoms with E-state index in [1.165, 1.54) is 11.8 Å². The maximum Gasteiger partial charge on any atom is 0.403 e. The number of alkyl halides is 3. The van der Waals surface area contributed by atoms with Crippen LogP contribution in [-0.2, 0) is 11.3 Å². The number of morpholine rings is 1. The Labute approximate surface area is 175 Å². The van der Waals surface area contributed by atoms with Crippen molar-refractivity contribution in [1.82, 2.24) is 20.1 Å². The number of ether oxygens (including phenoxy) is 1. The molecule has 1 unspecified atom stereocenters. The monoisotopic (exact) mass is 428 g/mol. The van der Waals surface area contributed by atoms with E-state index in [9.17, 15) is 13.2 Å². The van der Waals surface area contributed by atoms with E-state index < -0.39 is 12.2 Å². The number of aromatic nitrogens is 1. The van der Waals surface area contributed by atoms with Crippen LogP contribution >= 0.6 is 0 Å². The molecule has 7 nitrogen and oxygen atoms in total. The Kier molecular flexibility index (Phi) is 7.76. The average Bonchev–Trinajstić information content (AvgIpc) is 2.76. The lowest BCUT2D eigenvalue weighted by molar-refractivity contribution is -0.181. The van der Waals surface area contributed by atoms with Crippen LogP contribution in [0.4, 0.5) is 19.0 Å². The second kappa shape index (κ2) is 10.3. The molecule has 0 radical (unpaired) electrons. The van der Waals surface area contributed by atoms with Crippen LogP contribution in [0.15, 0.2) is 23.3 Å². The molecule has 168 valence electrons. The molecule has 0 bridgehead atoms. The lowest BCUT2D eigenvalue weighted by Crippen LogP contribution is -2.56. The van der Waals surface area contributed by atoms with Crippen molar-refractivity contribution < 1.29 is 17.9 Å². The van der Waals surface area contributed by atoms with Crippen molar-refractivity contribution in [2.45, 2.75) is 32.6 Å². The van der Waals surface area contributed by atoms with E-state index in [1.807, 2.05) is 24.0 Å². The first kappa shape index (κ1) is 22.6. The number of hydrogen-bond donors (Lipinski definition) is 1. The Bertz CT molecular complexity index is 700. The van der Waals surface area contributed by atoms with E-state index in [0.717, 1.165) is 30.4 Å². The molecule has 2 aliphatic rings. The molecule has 0 aromatic carbocycles. The van der Waals surface area contributed by atoms with Crippen molar-refractivity contribution in [2.24, 2.45) is 4.99 Å². The Morgan fingerprint density at radius 2 is 1.90 bits per heavy atom. The van der Waals surface area contributed by atoms with Crippen molar-refractivity contribution in [1.29, 1.82) is 0 Å². The van der Waals surface area contributed by atoms with Crippen LogP contribution in [0.25, 0.3) is 0 Å². The molecule has 1 aromatic rings. The number of nitrogens with zero attached hydrogens (tertiary/aromatic N) is 5. The van der Waals surface area contributed by atoms with E-state index in [2.05, 4.69) is 15.2 Å². The zero-order valence-corrected chi connectivity index (χ0v) is 17.7. The van der Waals surface area contributed by atoms with Gasteiger partial charge in [-0.2, -0.15) is 13.2 Å². The molecular formula is C20H31F3N6O. The highest BCUT2D eigenvalue weighted by molar-refractivity contribution is 5.80. The standard InChI is InChI=1S/C20H31F3N6O/c1-3-24-19(29-9-7-27(8-10-29)16(2)20(21,22)23)26-15-17-5-4-6-25-18(17)28-11-13-30-14-12-28/h4-6,16H,3,7-15H2,1-2H3,(H,24,26). The van der Waals surface area contributed by atoms with Crippen molar-refractivity contribution in [2.75, 3.05) is 63.9 Å². The molecule has 2 fully saturated rings. The van der Waals surface area contributed by atoms with Gasteiger partial charge in [-0.1, -0.05) is 6.07 Å². The molecule has 0 amide bonds. The first-order valence-corrected chi connectivity index (χ1v) is 10.5. The van der Waals surface area contributed by atoms with Gasteiger partial charge in [0.1, 0.15) is 11.9 Å². The van der Waals surface area contributed by atoms with Crippen molar-refractivity contribution in [3.05, 3.63) is 23.9 Å². The maximum absolute atomic E-state index is 13.0. The molecule has 10 heteroatoms. The summed E-state index contributed by atoms with van der Waals surface area (Å²) in [5.41, 5.74) is 1.03. The van der Waals surface area contributed by atoms with Crippen LogP contribution < -0.4 is 10.2 Å². The predicted molar refractivity (Wildman–Crippen MR) is 111 cm³/mol. The number of halogens is 3. The summed E-state index contributed by atoms with van der Waals surface area (Å²) in [4.78, 5) is 15.0. The van der Waals surface area contributed by atoms with Gasteiger partial charge in [0.15, 0.2) is 5.96 Å². The van der Waals surface area contributed by atoms with Crippen LogP contribution in [-0.4, -0.2) is 92.0 Å². The molecule has 1 atom stereocenters. The third-order valence-corrected chi connectivity index (χ3v) is 5.55. The van der Waals surface area contributed by atoms with E-state index in [0.29, 0.717) is 52.5 Å². The Balaban J connectivity index is 1.66. The lowest BCUT2D eigenvalue weighted by Gasteiger charge is -2.39. The summed E-state index contributed by atoms with van der Waals surface area (Å²) in [5, 5.41) is 3.28. The minimum absolute atomic E-state index is 0.358. The summed E-state index contributed by atoms with van der Waals surface area (Å²) in [6.45, 7) is 9.07. The van der Waals surface area contributed by atoms with E-state index >= 15 is 0 Å².